The topological polar surface area (TPSA) is 172 Å². The molecule has 6 heterocycles. The third-order valence-electron chi connectivity index (χ3n) is 6.91. The number of carbonyl (C=O) groups excluding carboxylic acids is 1. The number of aromatic nitrogens is 10. The summed E-state index contributed by atoms with van der Waals surface area (Å²) in [5.74, 6) is 0.548. The van der Waals surface area contributed by atoms with Crippen LogP contribution in [0.15, 0.2) is 122 Å². The van der Waals surface area contributed by atoms with Crippen LogP contribution in [0, 0.1) is 13.1 Å². The van der Waals surface area contributed by atoms with Gasteiger partial charge in [-0.25, -0.2) is 15.0 Å². The molecule has 9 rings (SSSR count). The van der Waals surface area contributed by atoms with Crippen molar-refractivity contribution in [3.63, 3.8) is 0 Å². The summed E-state index contributed by atoms with van der Waals surface area (Å²) in [7, 11) is 0. The summed E-state index contributed by atoms with van der Waals surface area (Å²) in [5, 5.41) is 3.92. The molecular formula is C36H38N11OW-. The van der Waals surface area contributed by atoms with Crippen molar-refractivity contribution in [3.05, 3.63) is 134 Å². The second-order valence-electron chi connectivity index (χ2n) is 10.1. The number of aryl methyl sites for hydroxylation is 1. The molecule has 0 radical (unpaired) electrons. The van der Waals surface area contributed by atoms with Gasteiger partial charge in [0.25, 0.3) is 5.91 Å². The Hall–Kier alpha value is -5.87. The van der Waals surface area contributed by atoms with E-state index in [4.69, 9.17) is 0 Å². The third-order valence-corrected chi connectivity index (χ3v) is 6.91. The van der Waals surface area contributed by atoms with Crippen molar-refractivity contribution >= 4 is 44.8 Å². The molecule has 1 aliphatic rings. The number of anilines is 1. The maximum absolute atomic E-state index is 11.4. The number of carbonyl (C=O) groups is 1. The van der Waals surface area contributed by atoms with Crippen LogP contribution in [0.2, 0.25) is 0 Å². The van der Waals surface area contributed by atoms with Crippen molar-refractivity contribution in [3.8, 4) is 11.3 Å². The van der Waals surface area contributed by atoms with Gasteiger partial charge in [-0.05, 0) is 42.6 Å². The van der Waals surface area contributed by atoms with Gasteiger partial charge >= 0.3 is 0 Å². The first-order valence-electron chi connectivity index (χ1n) is 14.4. The first kappa shape index (κ1) is 37.6. The first-order valence-corrected chi connectivity index (χ1v) is 14.4. The fraction of sp³-hybridized carbons (Fsp3) is 0.111. The summed E-state index contributed by atoms with van der Waals surface area (Å²) in [5.41, 5.74) is 9.21. The van der Waals surface area contributed by atoms with Gasteiger partial charge in [0.2, 0.25) is 0 Å². The Labute approximate surface area is 298 Å². The van der Waals surface area contributed by atoms with E-state index < -0.39 is 0 Å². The van der Waals surface area contributed by atoms with Gasteiger partial charge in [-0.3, -0.25) is 9.78 Å². The molecule has 0 atom stereocenters. The largest absolute Gasteiger partial charge is 0.368 e. The number of nitrogens with zero attached hydrogens (tertiary/aromatic N) is 5. The summed E-state index contributed by atoms with van der Waals surface area (Å²) in [6.45, 7) is 2.07. The fourth-order valence-electron chi connectivity index (χ4n) is 4.62. The number of benzene rings is 2. The van der Waals surface area contributed by atoms with Gasteiger partial charge in [0.1, 0.15) is 5.82 Å². The molecule has 49 heavy (non-hydrogen) atoms. The molecule has 0 bridgehead atoms. The minimum absolute atomic E-state index is 0. The zero-order valence-electron chi connectivity index (χ0n) is 25.2. The number of amides is 1. The molecule has 1 aliphatic carbocycles. The van der Waals surface area contributed by atoms with Gasteiger partial charge in [0.05, 0.1) is 60.1 Å². The Morgan fingerprint density at radius 3 is 2.39 bits per heavy atom. The van der Waals surface area contributed by atoms with Crippen molar-refractivity contribution < 1.29 is 25.9 Å². The van der Waals surface area contributed by atoms with Gasteiger partial charge in [0.15, 0.2) is 0 Å². The Kier molecular flexibility index (Phi) is 14.2. The predicted octanol–water partition coefficient (Wildman–Crippen LogP) is 7.69. The van der Waals surface area contributed by atoms with Crippen molar-refractivity contribution in [1.29, 1.82) is 0 Å². The molecule has 0 saturated heterocycles. The molecule has 0 unspecified atom stereocenters. The zero-order valence-corrected chi connectivity index (χ0v) is 28.2. The number of rotatable bonds is 3. The minimum atomic E-state index is -0.0748. The normalized spacial score (nSPS) is 10.9. The van der Waals surface area contributed by atoms with E-state index in [1.165, 1.54) is 17.3 Å². The van der Waals surface area contributed by atoms with Crippen LogP contribution in [0.5, 0.6) is 0 Å². The Balaban J connectivity index is 0.000000176. The number of hydrogen-bond donors (Lipinski definition) is 6. The minimum Gasteiger partial charge on any atom is -0.368 e. The summed E-state index contributed by atoms with van der Waals surface area (Å²) in [6.07, 6.45) is 21.0. The zero-order chi connectivity index (χ0) is 31.6. The number of H-pyrrole nitrogens is 5. The van der Waals surface area contributed by atoms with Gasteiger partial charge in [-0.1, -0.05) is 63.5 Å². The fourth-order valence-corrected chi connectivity index (χ4v) is 4.62. The number of nitrogens with one attached hydrogen (secondary N) is 6. The molecule has 0 saturated carbocycles. The first-order chi connectivity index (χ1) is 22.6. The van der Waals surface area contributed by atoms with Crippen molar-refractivity contribution in [1.82, 2.24) is 49.8 Å². The molecule has 250 valence electrons. The Morgan fingerprint density at radius 2 is 1.63 bits per heavy atom. The van der Waals surface area contributed by atoms with Gasteiger partial charge in [-0.2, -0.15) is 6.07 Å². The number of para-hydroxylation sites is 1. The van der Waals surface area contributed by atoms with E-state index in [0.29, 0.717) is 12.2 Å². The molecule has 8 aromatic rings. The van der Waals surface area contributed by atoms with E-state index in [-0.39, 0.29) is 41.8 Å². The second kappa shape index (κ2) is 18.5. The summed E-state index contributed by atoms with van der Waals surface area (Å²) in [6, 6.07) is 18.0. The molecule has 2 aromatic carbocycles. The maximum atomic E-state index is 11.4. The Bertz CT molecular complexity index is 2180. The smallest absolute Gasteiger partial charge is 0.253 e. The molecule has 0 aliphatic heterocycles. The van der Waals surface area contributed by atoms with E-state index in [1.54, 1.807) is 31.2 Å². The number of hydrogen-bond acceptors (Lipinski definition) is 6. The van der Waals surface area contributed by atoms with E-state index in [9.17, 15) is 4.79 Å². The van der Waals surface area contributed by atoms with Crippen molar-refractivity contribution in [2.75, 3.05) is 5.32 Å². The molecule has 0 fully saturated rings. The average Bonchev–Trinajstić information content (AvgIpc) is 3.93. The molecule has 1 amide bonds. The molecular weight excluding hydrogens is 786 g/mol. The Morgan fingerprint density at radius 1 is 0.837 bits per heavy atom. The standard InChI is InChI=1S/C11H9N3.C9H9N3O.C8H8N2.C6H4N3.2CH4.W/c1-2-4-10-8(3-1)9(5-13-10)11-6-12-7-14-11;13-9(7-3-1-2-4-7)12-8-5-10-6-11-8;1-6-2-3-7-8(4-6)10-5-9-7;1-2-5-6(7-3-1)9-4-8-5;;;/h1-7,13H,(H,12,14);1-3,5-6H,4H2,(H,10,11)(H,12,13);2-5H,1H3,(H,9,10);1-2,4H,(H,7,8,9);2*1H4;/q;;;-1;;;. The molecule has 0 spiro atoms. The van der Waals surface area contributed by atoms with Gasteiger partial charge in [-0.15, -0.1) is 6.07 Å². The van der Waals surface area contributed by atoms with Gasteiger partial charge < -0.3 is 35.2 Å². The predicted molar refractivity (Wildman–Crippen MR) is 192 cm³/mol. The van der Waals surface area contributed by atoms with E-state index in [2.05, 4.69) is 92.5 Å². The van der Waals surface area contributed by atoms with Crippen LogP contribution in [0.3, 0.4) is 0 Å². The number of fused-ring (bicyclic) bond motifs is 3. The molecule has 6 aromatic heterocycles. The van der Waals surface area contributed by atoms with Crippen LogP contribution in [-0.4, -0.2) is 55.7 Å². The molecule has 6 N–H and O–H groups in total. The number of aromatic amines is 5. The molecule has 12 nitrogen and oxygen atoms in total. The quantitative estimate of drug-likeness (QED) is 0.0998. The second-order valence-corrected chi connectivity index (χ2v) is 10.1. The van der Waals surface area contributed by atoms with Crippen LogP contribution in [0.25, 0.3) is 44.4 Å². The third kappa shape index (κ3) is 9.82. The van der Waals surface area contributed by atoms with E-state index >= 15 is 0 Å². The van der Waals surface area contributed by atoms with E-state index in [1.807, 2.05) is 54.9 Å². The van der Waals surface area contributed by atoms with Crippen LogP contribution in [0.4, 0.5) is 5.82 Å². The van der Waals surface area contributed by atoms with Crippen molar-refractivity contribution in [2.24, 2.45) is 0 Å². The number of allylic oxidation sites excluding steroid dienone is 3. The van der Waals surface area contributed by atoms with Crippen LogP contribution < -0.4 is 5.32 Å². The maximum Gasteiger partial charge on any atom is 0.253 e. The summed E-state index contributed by atoms with van der Waals surface area (Å²) >= 11 is 0. The molecule has 13 heteroatoms. The SMILES string of the molecule is C.C.Cc1ccc2nc[nH]c2c1.O=C(Nc1cnc[nH]1)C1=CC=CC1.[W].[c-]1ccc2[nH]cnc2n1.c1ccc2c(-c3cnc[nH]3)c[nH]c2c1. The van der Waals surface area contributed by atoms with Gasteiger partial charge in [0, 0.05) is 49.3 Å². The van der Waals surface area contributed by atoms with Crippen LogP contribution in [-0.2, 0) is 25.9 Å². The van der Waals surface area contributed by atoms with Crippen LogP contribution >= 0.6 is 0 Å². The number of pyridine rings is 1. The average molecular weight is 825 g/mol. The van der Waals surface area contributed by atoms with Crippen molar-refractivity contribution in [2.45, 2.75) is 28.2 Å². The number of imidazole rings is 4. The van der Waals surface area contributed by atoms with Crippen LogP contribution in [0.1, 0.15) is 26.8 Å². The summed E-state index contributed by atoms with van der Waals surface area (Å²) < 4.78 is 0. The monoisotopic (exact) mass is 824 g/mol. The summed E-state index contributed by atoms with van der Waals surface area (Å²) in [4.78, 5) is 46.3. The van der Waals surface area contributed by atoms with E-state index in [0.717, 1.165) is 44.5 Å².